The molecular weight excluding hydrogens is 266 g/mol. The van der Waals surface area contributed by atoms with Crippen LogP contribution in [0, 0.1) is 11.8 Å². The fraction of sp³-hybridized carbons (Fsp3) is 0.750. The van der Waals surface area contributed by atoms with Crippen molar-refractivity contribution in [2.45, 2.75) is 19.4 Å². The third-order valence-corrected chi connectivity index (χ3v) is 4.32. The molecule has 1 aromatic heterocycles. The van der Waals surface area contributed by atoms with Crippen LogP contribution in [0.4, 0.5) is 5.95 Å². The molecule has 3 rings (SSSR count). The molecule has 2 fully saturated rings. The van der Waals surface area contributed by atoms with Gasteiger partial charge in [0, 0.05) is 25.7 Å². The Hall–Kier alpha value is -1.14. The summed E-state index contributed by atoms with van der Waals surface area (Å²) in [5, 5.41) is 3.65. The number of aromatic nitrogens is 3. The van der Waals surface area contributed by atoms with Crippen molar-refractivity contribution < 1.29 is 4.74 Å². The molecule has 0 aliphatic carbocycles. The van der Waals surface area contributed by atoms with Gasteiger partial charge in [-0.3, -0.25) is 0 Å². The minimum Gasteiger partial charge on any atom is -0.467 e. The molecule has 3 atom stereocenters. The number of nitrogens with zero attached hydrogens (tertiary/aromatic N) is 4. The monoisotopic (exact) mass is 283 g/mol. The van der Waals surface area contributed by atoms with Gasteiger partial charge in [-0.15, -0.1) is 0 Å². The molecule has 3 heterocycles. The number of hydrogen-bond donors (Lipinski definition) is 1. The van der Waals surface area contributed by atoms with E-state index >= 15 is 0 Å². The number of nitrogens with one attached hydrogen (secondary N) is 1. The zero-order valence-corrected chi connectivity index (χ0v) is 11.9. The molecular formula is C12H18ClN5O. The van der Waals surface area contributed by atoms with Crippen LogP contribution in [0.1, 0.15) is 13.3 Å². The van der Waals surface area contributed by atoms with Crippen LogP contribution in [0.5, 0.6) is 6.01 Å². The largest absolute Gasteiger partial charge is 0.467 e. The fourth-order valence-electron chi connectivity index (χ4n) is 3.32. The number of fused-ring (bicyclic) bond motifs is 1. The van der Waals surface area contributed by atoms with Crippen LogP contribution in [0.3, 0.4) is 0 Å². The van der Waals surface area contributed by atoms with E-state index in [1.807, 2.05) is 0 Å². The normalized spacial score (nSPS) is 29.6. The van der Waals surface area contributed by atoms with E-state index in [4.69, 9.17) is 16.3 Å². The molecule has 19 heavy (non-hydrogen) atoms. The van der Waals surface area contributed by atoms with E-state index in [1.54, 1.807) is 0 Å². The Labute approximate surface area is 117 Å². The number of rotatable bonds is 3. The smallest absolute Gasteiger partial charge is 0.322 e. The lowest BCUT2D eigenvalue weighted by molar-refractivity contribution is 0.377. The second-order valence-corrected chi connectivity index (χ2v) is 5.44. The van der Waals surface area contributed by atoms with Crippen molar-refractivity contribution in [1.82, 2.24) is 20.3 Å². The van der Waals surface area contributed by atoms with Crippen molar-refractivity contribution in [3.63, 3.8) is 0 Å². The van der Waals surface area contributed by atoms with E-state index in [9.17, 15) is 0 Å². The van der Waals surface area contributed by atoms with E-state index in [-0.39, 0.29) is 11.3 Å². The average molecular weight is 284 g/mol. The van der Waals surface area contributed by atoms with Gasteiger partial charge in [0.15, 0.2) is 0 Å². The molecule has 104 valence electrons. The third kappa shape index (κ3) is 2.23. The number of anilines is 1. The van der Waals surface area contributed by atoms with Crippen LogP contribution in [0.2, 0.25) is 5.28 Å². The Kier molecular flexibility index (Phi) is 3.45. The standard InChI is InChI=1S/C12H18ClN5O/c1-3-9-8-5-14-4-7(8)6-18(9)11-15-10(13)16-12(17-11)19-2/h7-9,14H,3-6H2,1-2H3. The molecule has 0 bridgehead atoms. The van der Waals surface area contributed by atoms with Crippen molar-refractivity contribution in [2.24, 2.45) is 11.8 Å². The summed E-state index contributed by atoms with van der Waals surface area (Å²) in [5.41, 5.74) is 0. The van der Waals surface area contributed by atoms with Crippen molar-refractivity contribution in [2.75, 3.05) is 31.6 Å². The number of methoxy groups -OCH3 is 1. The fourth-order valence-corrected chi connectivity index (χ4v) is 3.47. The minimum atomic E-state index is 0.187. The summed E-state index contributed by atoms with van der Waals surface area (Å²) in [6.45, 7) is 5.33. The van der Waals surface area contributed by atoms with Crippen molar-refractivity contribution in [1.29, 1.82) is 0 Å². The molecule has 7 heteroatoms. The summed E-state index contributed by atoms with van der Waals surface area (Å²) in [6, 6.07) is 0.739. The highest BCUT2D eigenvalue weighted by molar-refractivity contribution is 6.28. The van der Waals surface area contributed by atoms with E-state index in [0.29, 0.717) is 23.8 Å². The second-order valence-electron chi connectivity index (χ2n) is 5.10. The first kappa shape index (κ1) is 12.9. The summed E-state index contributed by atoms with van der Waals surface area (Å²) in [5.74, 6) is 1.98. The highest BCUT2D eigenvalue weighted by atomic mass is 35.5. The first-order chi connectivity index (χ1) is 9.22. The zero-order valence-electron chi connectivity index (χ0n) is 11.1. The number of ether oxygens (including phenoxy) is 1. The maximum absolute atomic E-state index is 5.94. The summed E-state index contributed by atoms with van der Waals surface area (Å²) >= 11 is 5.94. The molecule has 2 saturated heterocycles. The molecule has 0 amide bonds. The quantitative estimate of drug-likeness (QED) is 0.892. The summed E-state index contributed by atoms with van der Waals surface area (Å²) < 4.78 is 5.07. The summed E-state index contributed by atoms with van der Waals surface area (Å²) in [4.78, 5) is 14.8. The molecule has 2 aliphatic heterocycles. The van der Waals surface area contributed by atoms with Gasteiger partial charge in [-0.05, 0) is 29.9 Å². The van der Waals surface area contributed by atoms with Crippen LogP contribution in [-0.4, -0.2) is 47.7 Å². The molecule has 0 radical (unpaired) electrons. The highest BCUT2D eigenvalue weighted by Gasteiger charge is 2.44. The van der Waals surface area contributed by atoms with Gasteiger partial charge in [0.25, 0.3) is 0 Å². The van der Waals surface area contributed by atoms with Gasteiger partial charge in [-0.2, -0.15) is 15.0 Å². The van der Waals surface area contributed by atoms with Crippen LogP contribution in [-0.2, 0) is 0 Å². The van der Waals surface area contributed by atoms with Crippen LogP contribution < -0.4 is 15.0 Å². The Bertz CT molecular complexity index is 471. The lowest BCUT2D eigenvalue weighted by Gasteiger charge is -2.26. The first-order valence-corrected chi connectivity index (χ1v) is 7.03. The van der Waals surface area contributed by atoms with Gasteiger partial charge in [-0.25, -0.2) is 0 Å². The lowest BCUT2D eigenvalue weighted by Crippen LogP contribution is -2.36. The van der Waals surface area contributed by atoms with E-state index < -0.39 is 0 Å². The van der Waals surface area contributed by atoms with E-state index in [1.165, 1.54) is 7.11 Å². The topological polar surface area (TPSA) is 63.2 Å². The zero-order chi connectivity index (χ0) is 13.4. The molecule has 1 N–H and O–H groups in total. The van der Waals surface area contributed by atoms with Gasteiger partial charge >= 0.3 is 6.01 Å². The van der Waals surface area contributed by atoms with Gasteiger partial charge in [0.1, 0.15) is 0 Å². The average Bonchev–Trinajstić information content (AvgIpc) is 2.97. The summed E-state index contributed by atoms with van der Waals surface area (Å²) in [6.07, 6.45) is 1.08. The van der Waals surface area contributed by atoms with Crippen molar-refractivity contribution >= 4 is 17.5 Å². The molecule has 1 aromatic rings. The third-order valence-electron chi connectivity index (χ3n) is 4.15. The second kappa shape index (κ2) is 5.09. The first-order valence-electron chi connectivity index (χ1n) is 6.65. The summed E-state index contributed by atoms with van der Waals surface area (Å²) in [7, 11) is 1.54. The Morgan fingerprint density at radius 1 is 1.37 bits per heavy atom. The van der Waals surface area contributed by atoms with E-state index in [0.717, 1.165) is 26.1 Å². The Morgan fingerprint density at radius 2 is 2.21 bits per heavy atom. The SMILES string of the molecule is CCC1C2CNCC2CN1c1nc(Cl)nc(OC)n1. The highest BCUT2D eigenvalue weighted by Crippen LogP contribution is 2.36. The van der Waals surface area contributed by atoms with Crippen LogP contribution >= 0.6 is 11.6 Å². The Morgan fingerprint density at radius 3 is 2.95 bits per heavy atom. The Balaban J connectivity index is 1.91. The molecule has 0 saturated carbocycles. The van der Waals surface area contributed by atoms with Crippen LogP contribution in [0.15, 0.2) is 0 Å². The van der Waals surface area contributed by atoms with Crippen LogP contribution in [0.25, 0.3) is 0 Å². The maximum Gasteiger partial charge on any atom is 0.322 e. The predicted octanol–water partition coefficient (Wildman–Crippen LogP) is 0.968. The molecule has 3 unspecified atom stereocenters. The van der Waals surface area contributed by atoms with Crippen molar-refractivity contribution in [3.8, 4) is 6.01 Å². The van der Waals surface area contributed by atoms with Crippen molar-refractivity contribution in [3.05, 3.63) is 5.28 Å². The van der Waals surface area contributed by atoms with Gasteiger partial charge < -0.3 is 15.0 Å². The molecule has 0 aromatic carbocycles. The number of halogens is 1. The minimum absolute atomic E-state index is 0.187. The maximum atomic E-state index is 5.94. The van der Waals surface area contributed by atoms with Gasteiger partial charge in [-0.1, -0.05) is 6.92 Å². The molecule has 6 nitrogen and oxygen atoms in total. The molecule has 2 aliphatic rings. The lowest BCUT2D eigenvalue weighted by atomic mass is 9.93. The molecule has 0 spiro atoms. The van der Waals surface area contributed by atoms with Gasteiger partial charge in [0.05, 0.1) is 7.11 Å². The predicted molar refractivity (Wildman–Crippen MR) is 72.7 cm³/mol. The number of hydrogen-bond acceptors (Lipinski definition) is 6. The van der Waals surface area contributed by atoms with Gasteiger partial charge in [0.2, 0.25) is 11.2 Å². The van der Waals surface area contributed by atoms with E-state index in [2.05, 4.69) is 32.1 Å².